The van der Waals surface area contributed by atoms with Crippen molar-refractivity contribution in [2.24, 2.45) is 5.92 Å². The van der Waals surface area contributed by atoms with Gasteiger partial charge in [-0.15, -0.1) is 23.2 Å². The first-order valence-corrected chi connectivity index (χ1v) is 15.6. The van der Waals surface area contributed by atoms with E-state index < -0.39 is 80.7 Å². The summed E-state index contributed by atoms with van der Waals surface area (Å²) in [4.78, 5) is 38.7. The highest BCUT2D eigenvalue weighted by Crippen LogP contribution is 2.65. The van der Waals surface area contributed by atoms with E-state index >= 15 is 4.39 Å². The number of ketones is 2. The van der Waals surface area contributed by atoms with E-state index in [0.717, 1.165) is 18.2 Å². The summed E-state index contributed by atoms with van der Waals surface area (Å²) in [6.45, 7) is 3.49. The van der Waals surface area contributed by atoms with E-state index in [2.05, 4.69) is 5.32 Å². The molecule has 3 aromatic carbocycles. The Bertz CT molecular complexity index is 1670. The minimum absolute atomic E-state index is 0.0411. The Kier molecular flexibility index (Phi) is 10.6. The van der Waals surface area contributed by atoms with Crippen LogP contribution in [-0.2, 0) is 28.6 Å². The molecule has 14 heteroatoms. The summed E-state index contributed by atoms with van der Waals surface area (Å²) in [5.41, 5.74) is -2.32. The maximum absolute atomic E-state index is 15.3. The van der Waals surface area contributed by atoms with Gasteiger partial charge in [0.1, 0.15) is 27.6 Å². The molecule has 0 heterocycles. The Morgan fingerprint density at radius 1 is 0.978 bits per heavy atom. The summed E-state index contributed by atoms with van der Waals surface area (Å²) >= 11 is 20.0. The quantitative estimate of drug-likeness (QED) is 0.123. The summed E-state index contributed by atoms with van der Waals surface area (Å²) in [7, 11) is 0. The fourth-order valence-electron chi connectivity index (χ4n) is 4.93. The lowest BCUT2D eigenvalue weighted by molar-refractivity contribution is -0.140. The highest BCUT2D eigenvalue weighted by atomic mass is 35.5. The largest absolute Gasteiger partial charge is 0.419 e. The van der Waals surface area contributed by atoms with E-state index in [1.54, 1.807) is 6.92 Å². The molecule has 1 aliphatic rings. The van der Waals surface area contributed by atoms with Crippen LogP contribution in [0.2, 0.25) is 5.02 Å². The molecule has 0 radical (unpaired) electrons. The van der Waals surface area contributed by atoms with Gasteiger partial charge in [-0.2, -0.15) is 24.9 Å². The summed E-state index contributed by atoms with van der Waals surface area (Å²) in [5, 5.41) is 1.98. The third-order valence-electron chi connectivity index (χ3n) is 7.36. The van der Waals surface area contributed by atoms with E-state index in [0.29, 0.717) is 17.9 Å². The van der Waals surface area contributed by atoms with Crippen molar-refractivity contribution < 1.29 is 40.7 Å². The van der Waals surface area contributed by atoms with Crippen LogP contribution in [0, 0.1) is 23.4 Å². The molecule has 4 nitrogen and oxygen atoms in total. The molecule has 0 bridgehead atoms. The van der Waals surface area contributed by atoms with Crippen LogP contribution < -0.4 is 5.32 Å². The first-order chi connectivity index (χ1) is 21.0. The lowest BCUT2D eigenvalue weighted by Gasteiger charge is -2.13. The fourth-order valence-corrected chi connectivity index (χ4v) is 6.75. The molecule has 3 atom stereocenters. The van der Waals surface area contributed by atoms with E-state index in [1.165, 1.54) is 30.0 Å². The molecular formula is C31H24Cl3F6NO3S. The topological polar surface area (TPSA) is 63.2 Å². The summed E-state index contributed by atoms with van der Waals surface area (Å²) < 4.78 is 81.3. The molecule has 1 saturated carbocycles. The molecule has 45 heavy (non-hydrogen) atoms. The van der Waals surface area contributed by atoms with Gasteiger partial charge in [0.05, 0.1) is 21.8 Å². The fraction of sp³-hybridized carbons (Fsp3) is 0.323. The van der Waals surface area contributed by atoms with Crippen molar-refractivity contribution in [1.82, 2.24) is 0 Å². The minimum atomic E-state index is -4.98. The van der Waals surface area contributed by atoms with Gasteiger partial charge >= 0.3 is 6.18 Å². The SMILES string of the molecule is CCSC(C)C(=O)Cc1c(F)ccc(CC(=O)c2cc(NC(=O)[C@H]3[C@H](c4ccc(F)c(C(F)(F)F)c4)C3(Cl)Cl)ccc2Cl)c1F. The van der Waals surface area contributed by atoms with Crippen molar-refractivity contribution in [2.75, 3.05) is 11.1 Å². The van der Waals surface area contributed by atoms with Crippen molar-refractivity contribution in [3.63, 3.8) is 0 Å². The van der Waals surface area contributed by atoms with Crippen molar-refractivity contribution >= 4 is 69.7 Å². The number of halogens is 9. The molecule has 1 aliphatic carbocycles. The van der Waals surface area contributed by atoms with Crippen molar-refractivity contribution in [1.29, 1.82) is 0 Å². The van der Waals surface area contributed by atoms with Gasteiger partial charge in [0.25, 0.3) is 0 Å². The van der Waals surface area contributed by atoms with Gasteiger partial charge in [-0.05, 0) is 60.2 Å². The normalized spacial score (nSPS) is 17.9. The number of anilines is 1. The lowest BCUT2D eigenvalue weighted by Crippen LogP contribution is -2.19. The Hall–Kier alpha value is -2.73. The van der Waals surface area contributed by atoms with Gasteiger partial charge in [0, 0.05) is 35.6 Å². The smallest absolute Gasteiger partial charge is 0.326 e. The number of hydrogen-bond acceptors (Lipinski definition) is 4. The van der Waals surface area contributed by atoms with Gasteiger partial charge in [0.15, 0.2) is 5.78 Å². The number of carbonyl (C=O) groups excluding carboxylic acids is 3. The molecule has 4 rings (SSSR count). The second kappa shape index (κ2) is 13.6. The zero-order chi connectivity index (χ0) is 33.4. The van der Waals surface area contributed by atoms with Crippen LogP contribution in [0.3, 0.4) is 0 Å². The first kappa shape index (κ1) is 35.1. The predicted octanol–water partition coefficient (Wildman–Crippen LogP) is 8.98. The zero-order valence-electron chi connectivity index (χ0n) is 23.5. The zero-order valence-corrected chi connectivity index (χ0v) is 26.6. The highest BCUT2D eigenvalue weighted by Gasteiger charge is 2.67. The van der Waals surface area contributed by atoms with Crippen LogP contribution in [0.5, 0.6) is 0 Å². The van der Waals surface area contributed by atoms with Gasteiger partial charge in [0.2, 0.25) is 5.91 Å². The Morgan fingerprint density at radius 3 is 2.29 bits per heavy atom. The summed E-state index contributed by atoms with van der Waals surface area (Å²) in [5.74, 6) is -6.97. The standard InChI is InChI=1S/C31H24Cl3F6NO3S/c1-3-45-14(2)24(42)13-19-22(35)8-5-16(28(19)37)11-25(43)18-12-17(6-7-21(18)32)41-29(44)27-26(30(27,33)34)15-4-9-23(36)20(10-15)31(38,39)40/h4-10,12,14,26-27H,3,11,13H2,1-2H3,(H,41,44)/t14?,26-,27+/m0/s1. The molecule has 3 aromatic rings. The number of carbonyl (C=O) groups is 3. The number of hydrogen-bond donors (Lipinski definition) is 1. The molecule has 240 valence electrons. The average molecular weight is 711 g/mol. The Morgan fingerprint density at radius 2 is 1.64 bits per heavy atom. The van der Waals surface area contributed by atoms with E-state index in [4.69, 9.17) is 34.8 Å². The number of amides is 1. The van der Waals surface area contributed by atoms with Gasteiger partial charge in [-0.25, -0.2) is 13.2 Å². The number of rotatable bonds is 11. The number of Topliss-reactive ketones (excluding diaryl/α,β-unsaturated/α-hetero) is 2. The molecule has 1 amide bonds. The Labute approximate surface area is 273 Å². The number of benzene rings is 3. The number of thioether (sulfide) groups is 1. The molecule has 0 aliphatic heterocycles. The first-order valence-electron chi connectivity index (χ1n) is 13.4. The number of alkyl halides is 5. The van der Waals surface area contributed by atoms with Gasteiger partial charge < -0.3 is 5.32 Å². The van der Waals surface area contributed by atoms with Crippen LogP contribution >= 0.6 is 46.6 Å². The maximum atomic E-state index is 15.3. The predicted molar refractivity (Wildman–Crippen MR) is 163 cm³/mol. The second-order valence-corrected chi connectivity index (χ2v) is 13.9. The van der Waals surface area contributed by atoms with Crippen LogP contribution in [0.25, 0.3) is 0 Å². The molecule has 1 unspecified atom stereocenters. The third kappa shape index (κ3) is 7.64. The van der Waals surface area contributed by atoms with Crippen LogP contribution in [-0.4, -0.2) is 32.8 Å². The van der Waals surface area contributed by atoms with Crippen molar-refractivity contribution in [2.45, 2.75) is 48.4 Å². The monoisotopic (exact) mass is 709 g/mol. The molecule has 0 spiro atoms. The summed E-state index contributed by atoms with van der Waals surface area (Å²) in [6, 6.07) is 8.12. The highest BCUT2D eigenvalue weighted by molar-refractivity contribution is 8.00. The van der Waals surface area contributed by atoms with E-state index in [1.807, 2.05) is 6.92 Å². The maximum Gasteiger partial charge on any atom is 0.419 e. The van der Waals surface area contributed by atoms with Crippen LogP contribution in [0.1, 0.15) is 52.4 Å². The van der Waals surface area contributed by atoms with Crippen LogP contribution in [0.4, 0.5) is 32.0 Å². The van der Waals surface area contributed by atoms with E-state index in [9.17, 15) is 36.3 Å². The summed E-state index contributed by atoms with van der Waals surface area (Å²) in [6.07, 6.45) is -6.02. The molecular weight excluding hydrogens is 687 g/mol. The van der Waals surface area contributed by atoms with E-state index in [-0.39, 0.29) is 33.2 Å². The minimum Gasteiger partial charge on any atom is -0.326 e. The van der Waals surface area contributed by atoms with Crippen LogP contribution in [0.15, 0.2) is 48.5 Å². The second-order valence-electron chi connectivity index (χ2n) is 10.4. The molecule has 0 aromatic heterocycles. The molecule has 1 fully saturated rings. The molecule has 1 N–H and O–H groups in total. The molecule has 0 saturated heterocycles. The third-order valence-corrected chi connectivity index (χ3v) is 9.73. The average Bonchev–Trinajstić information content (AvgIpc) is 3.54. The van der Waals surface area contributed by atoms with Crippen molar-refractivity contribution in [3.8, 4) is 0 Å². The van der Waals surface area contributed by atoms with Gasteiger partial charge in [-0.3, -0.25) is 14.4 Å². The van der Waals surface area contributed by atoms with Gasteiger partial charge in [-0.1, -0.05) is 30.7 Å². The Balaban J connectivity index is 1.51. The van der Waals surface area contributed by atoms with Crippen molar-refractivity contribution in [3.05, 3.63) is 98.8 Å². The lowest BCUT2D eigenvalue weighted by atomic mass is 9.97. The number of nitrogens with one attached hydrogen (secondary N) is 1.